The first-order valence-corrected chi connectivity index (χ1v) is 8.96. The molecule has 4 nitrogen and oxygen atoms in total. The molecule has 0 spiro atoms. The first-order valence-electron chi connectivity index (χ1n) is 8.96. The summed E-state index contributed by atoms with van der Waals surface area (Å²) >= 11 is 0. The molecule has 0 unspecified atom stereocenters. The van der Waals surface area contributed by atoms with E-state index in [1.165, 1.54) is 18.4 Å². The molecule has 3 rings (SSSR count). The fraction of sp³-hybridized carbons (Fsp3) is 0.333. The van der Waals surface area contributed by atoms with Crippen molar-refractivity contribution in [1.82, 2.24) is 9.97 Å². The number of nitrogens with one attached hydrogen (secondary N) is 1. The molecule has 1 N–H and O–H groups in total. The van der Waals surface area contributed by atoms with Gasteiger partial charge in [0.2, 0.25) is 0 Å². The molecular weight excluding hydrogens is 310 g/mol. The summed E-state index contributed by atoms with van der Waals surface area (Å²) in [5.74, 6) is 1.89. The van der Waals surface area contributed by atoms with Crippen molar-refractivity contribution < 1.29 is 4.74 Å². The molecule has 0 saturated heterocycles. The Morgan fingerprint density at radius 3 is 2.56 bits per heavy atom. The maximum absolute atomic E-state index is 5.75. The van der Waals surface area contributed by atoms with Crippen molar-refractivity contribution in [3.8, 4) is 5.75 Å². The highest BCUT2D eigenvalue weighted by molar-refractivity contribution is 5.88. The van der Waals surface area contributed by atoms with Gasteiger partial charge in [-0.05, 0) is 44.0 Å². The number of aryl methyl sites for hydroxylation is 1. The van der Waals surface area contributed by atoms with E-state index in [9.17, 15) is 0 Å². The van der Waals surface area contributed by atoms with E-state index in [1.54, 1.807) is 6.33 Å². The minimum atomic E-state index is 0.785. The predicted molar refractivity (Wildman–Crippen MR) is 103 cm³/mol. The molecule has 1 aromatic heterocycles. The number of hydrogen-bond donors (Lipinski definition) is 1. The Morgan fingerprint density at radius 2 is 1.68 bits per heavy atom. The van der Waals surface area contributed by atoms with E-state index in [2.05, 4.69) is 40.4 Å². The van der Waals surface area contributed by atoms with Crippen LogP contribution in [0.3, 0.4) is 0 Å². The quantitative estimate of drug-likeness (QED) is 0.560. The Labute approximate surface area is 149 Å². The lowest BCUT2D eigenvalue weighted by Crippen LogP contribution is -2.04. The molecule has 0 bridgehead atoms. The number of benzene rings is 2. The normalized spacial score (nSPS) is 10.8. The van der Waals surface area contributed by atoms with Crippen LogP contribution >= 0.6 is 0 Å². The maximum atomic E-state index is 5.75. The van der Waals surface area contributed by atoms with Crippen LogP contribution in [0.4, 0.5) is 5.82 Å². The summed E-state index contributed by atoms with van der Waals surface area (Å²) in [5, 5.41) is 4.51. The number of fused-ring (bicyclic) bond motifs is 1. The highest BCUT2D eigenvalue weighted by atomic mass is 16.5. The summed E-state index contributed by atoms with van der Waals surface area (Å²) < 4.78 is 5.75. The van der Waals surface area contributed by atoms with Gasteiger partial charge in [0.25, 0.3) is 0 Å². The van der Waals surface area contributed by atoms with Gasteiger partial charge in [-0.1, -0.05) is 42.7 Å². The summed E-state index contributed by atoms with van der Waals surface area (Å²) in [4.78, 5) is 8.64. The zero-order valence-corrected chi connectivity index (χ0v) is 14.7. The van der Waals surface area contributed by atoms with Gasteiger partial charge in [-0.2, -0.15) is 0 Å². The first-order chi connectivity index (χ1) is 12.3. The van der Waals surface area contributed by atoms with Crippen LogP contribution in [0.5, 0.6) is 5.75 Å². The van der Waals surface area contributed by atoms with Crippen molar-refractivity contribution >= 4 is 16.7 Å². The monoisotopic (exact) mass is 335 g/mol. The van der Waals surface area contributed by atoms with Crippen LogP contribution < -0.4 is 10.1 Å². The van der Waals surface area contributed by atoms with Gasteiger partial charge in [0, 0.05) is 11.9 Å². The molecule has 3 aromatic rings. The SMILES string of the molecule is Cc1ccc(OCCCCCCNc2ncnc3ccccc23)cc1. The topological polar surface area (TPSA) is 47.0 Å². The third-order valence-corrected chi connectivity index (χ3v) is 4.20. The Kier molecular flexibility index (Phi) is 6.21. The van der Waals surface area contributed by atoms with Gasteiger partial charge < -0.3 is 10.1 Å². The van der Waals surface area contributed by atoms with E-state index in [0.717, 1.165) is 48.5 Å². The smallest absolute Gasteiger partial charge is 0.137 e. The molecule has 0 aliphatic carbocycles. The number of para-hydroxylation sites is 1. The third kappa shape index (κ3) is 5.18. The fourth-order valence-corrected chi connectivity index (χ4v) is 2.76. The number of ether oxygens (including phenoxy) is 1. The van der Waals surface area contributed by atoms with Gasteiger partial charge in [0.15, 0.2) is 0 Å². The summed E-state index contributed by atoms with van der Waals surface area (Å²) in [7, 11) is 0. The summed E-state index contributed by atoms with van der Waals surface area (Å²) in [6.45, 7) is 3.80. The predicted octanol–water partition coefficient (Wildman–Crippen LogP) is 4.99. The number of hydrogen-bond acceptors (Lipinski definition) is 4. The molecule has 0 amide bonds. The van der Waals surface area contributed by atoms with Crippen LogP contribution in [0.2, 0.25) is 0 Å². The van der Waals surface area contributed by atoms with Crippen LogP contribution in [-0.2, 0) is 0 Å². The molecule has 130 valence electrons. The van der Waals surface area contributed by atoms with E-state index in [4.69, 9.17) is 4.74 Å². The largest absolute Gasteiger partial charge is 0.494 e. The molecule has 2 aromatic carbocycles. The number of aromatic nitrogens is 2. The molecule has 25 heavy (non-hydrogen) atoms. The van der Waals surface area contributed by atoms with E-state index in [0.29, 0.717) is 0 Å². The molecule has 0 fully saturated rings. The number of rotatable bonds is 9. The van der Waals surface area contributed by atoms with E-state index >= 15 is 0 Å². The van der Waals surface area contributed by atoms with Crippen molar-refractivity contribution in [3.05, 3.63) is 60.4 Å². The van der Waals surface area contributed by atoms with Gasteiger partial charge in [-0.15, -0.1) is 0 Å². The zero-order chi connectivity index (χ0) is 17.3. The second-order valence-corrected chi connectivity index (χ2v) is 6.24. The van der Waals surface area contributed by atoms with Crippen LogP contribution in [0, 0.1) is 6.92 Å². The Balaban J connectivity index is 1.30. The van der Waals surface area contributed by atoms with Crippen molar-refractivity contribution in [3.63, 3.8) is 0 Å². The Hall–Kier alpha value is -2.62. The van der Waals surface area contributed by atoms with Gasteiger partial charge in [0.1, 0.15) is 17.9 Å². The zero-order valence-electron chi connectivity index (χ0n) is 14.7. The van der Waals surface area contributed by atoms with Gasteiger partial charge in [0.05, 0.1) is 12.1 Å². The van der Waals surface area contributed by atoms with E-state index < -0.39 is 0 Å². The average molecular weight is 335 g/mol. The van der Waals surface area contributed by atoms with Gasteiger partial charge in [-0.3, -0.25) is 0 Å². The van der Waals surface area contributed by atoms with E-state index in [1.807, 2.05) is 30.3 Å². The highest BCUT2D eigenvalue weighted by Gasteiger charge is 2.01. The standard InChI is InChI=1S/C21H25N3O/c1-17-10-12-18(13-11-17)25-15-7-3-2-6-14-22-21-19-8-4-5-9-20(19)23-16-24-21/h4-5,8-13,16H,2-3,6-7,14-15H2,1H3,(H,22,23,24). The Bertz CT molecular complexity index is 781. The van der Waals surface area contributed by atoms with Gasteiger partial charge >= 0.3 is 0 Å². The summed E-state index contributed by atoms with van der Waals surface area (Å²) in [6, 6.07) is 16.3. The highest BCUT2D eigenvalue weighted by Crippen LogP contribution is 2.18. The lowest BCUT2D eigenvalue weighted by Gasteiger charge is -2.08. The van der Waals surface area contributed by atoms with Crippen LogP contribution in [0.1, 0.15) is 31.2 Å². The number of nitrogens with zero attached hydrogens (tertiary/aromatic N) is 2. The lowest BCUT2D eigenvalue weighted by molar-refractivity contribution is 0.305. The van der Waals surface area contributed by atoms with Crippen molar-refractivity contribution in [2.45, 2.75) is 32.6 Å². The minimum absolute atomic E-state index is 0.785. The van der Waals surface area contributed by atoms with Crippen molar-refractivity contribution in [2.24, 2.45) is 0 Å². The van der Waals surface area contributed by atoms with Crippen LogP contribution in [0.15, 0.2) is 54.9 Å². The lowest BCUT2D eigenvalue weighted by atomic mass is 10.2. The maximum Gasteiger partial charge on any atom is 0.137 e. The van der Waals surface area contributed by atoms with Crippen molar-refractivity contribution in [2.75, 3.05) is 18.5 Å². The molecule has 4 heteroatoms. The summed E-state index contributed by atoms with van der Waals surface area (Å²) in [5.41, 5.74) is 2.24. The Morgan fingerprint density at radius 1 is 0.880 bits per heavy atom. The molecule has 0 aliphatic rings. The molecule has 1 heterocycles. The van der Waals surface area contributed by atoms with Crippen LogP contribution in [-0.4, -0.2) is 23.1 Å². The minimum Gasteiger partial charge on any atom is -0.494 e. The second kappa shape index (κ2) is 9.02. The molecule has 0 aliphatic heterocycles. The molecular formula is C21H25N3O. The fourth-order valence-electron chi connectivity index (χ4n) is 2.76. The van der Waals surface area contributed by atoms with Crippen molar-refractivity contribution in [1.29, 1.82) is 0 Å². The third-order valence-electron chi connectivity index (χ3n) is 4.20. The number of unbranched alkanes of at least 4 members (excludes halogenated alkanes) is 3. The second-order valence-electron chi connectivity index (χ2n) is 6.24. The molecule has 0 atom stereocenters. The average Bonchev–Trinajstić information content (AvgIpc) is 2.65. The number of anilines is 1. The van der Waals surface area contributed by atoms with E-state index in [-0.39, 0.29) is 0 Å². The van der Waals surface area contributed by atoms with Gasteiger partial charge in [-0.25, -0.2) is 9.97 Å². The molecule has 0 radical (unpaired) electrons. The summed E-state index contributed by atoms with van der Waals surface area (Å²) in [6.07, 6.45) is 6.20. The first kappa shape index (κ1) is 17.2. The van der Waals surface area contributed by atoms with Crippen LogP contribution in [0.25, 0.3) is 10.9 Å². The molecule has 0 saturated carbocycles.